The summed E-state index contributed by atoms with van der Waals surface area (Å²) in [5.41, 5.74) is 2.37. The van der Waals surface area contributed by atoms with Gasteiger partial charge in [0.2, 0.25) is 10.0 Å². The number of methoxy groups -OCH3 is 1. The molecule has 0 amide bonds. The summed E-state index contributed by atoms with van der Waals surface area (Å²) in [5, 5.41) is 0. The van der Waals surface area contributed by atoms with Gasteiger partial charge < -0.3 is 4.74 Å². The number of sulfonamides is 1. The molecule has 0 aromatic heterocycles. The fourth-order valence-corrected chi connectivity index (χ4v) is 4.42. The Hall–Kier alpha value is -1.40. The molecular weight excluding hydrogens is 290 g/mol. The molecule has 0 spiro atoms. The number of nitrogens with zero attached hydrogens (tertiary/aromatic N) is 1. The fraction of sp³-hybridized carbons (Fsp3) is 0.533. The van der Waals surface area contributed by atoms with Gasteiger partial charge in [-0.25, -0.2) is 8.42 Å². The highest BCUT2D eigenvalue weighted by atomic mass is 32.2. The molecule has 6 heteroatoms. The molecular formula is C15H23NO4S. The molecule has 0 saturated heterocycles. The molecule has 0 heterocycles. The normalized spacial score (nSPS) is 12.0. The molecule has 0 saturated carbocycles. The molecule has 0 bridgehead atoms. The highest BCUT2D eigenvalue weighted by Crippen LogP contribution is 2.26. The predicted molar refractivity (Wildman–Crippen MR) is 81.7 cm³/mol. The van der Waals surface area contributed by atoms with E-state index in [2.05, 4.69) is 4.74 Å². The van der Waals surface area contributed by atoms with E-state index < -0.39 is 16.0 Å². The van der Waals surface area contributed by atoms with E-state index in [1.54, 1.807) is 27.7 Å². The smallest absolute Gasteiger partial charge is 0.321 e. The summed E-state index contributed by atoms with van der Waals surface area (Å²) in [6.07, 6.45) is 0. The second kappa shape index (κ2) is 6.58. The monoisotopic (exact) mass is 313 g/mol. The van der Waals surface area contributed by atoms with Crippen LogP contribution >= 0.6 is 0 Å². The molecule has 0 aliphatic carbocycles. The van der Waals surface area contributed by atoms with Crippen molar-refractivity contribution in [3.05, 3.63) is 28.8 Å². The van der Waals surface area contributed by atoms with Crippen LogP contribution in [-0.4, -0.2) is 38.4 Å². The lowest BCUT2D eigenvalue weighted by molar-refractivity contribution is -0.141. The summed E-state index contributed by atoms with van der Waals surface area (Å²) in [6.45, 7) is 8.64. The van der Waals surface area contributed by atoms with Crippen molar-refractivity contribution >= 4 is 16.0 Å². The third-order valence-electron chi connectivity index (χ3n) is 3.26. The first-order valence-electron chi connectivity index (χ1n) is 6.77. The van der Waals surface area contributed by atoms with Gasteiger partial charge >= 0.3 is 5.97 Å². The van der Waals surface area contributed by atoms with Crippen molar-refractivity contribution in [2.24, 2.45) is 0 Å². The second-order valence-electron chi connectivity index (χ2n) is 5.45. The topological polar surface area (TPSA) is 63.7 Å². The lowest BCUT2D eigenvalue weighted by atomic mass is 10.1. The van der Waals surface area contributed by atoms with Crippen LogP contribution < -0.4 is 0 Å². The van der Waals surface area contributed by atoms with E-state index in [1.165, 1.54) is 11.4 Å². The van der Waals surface area contributed by atoms with Crippen LogP contribution in [-0.2, 0) is 19.6 Å². The predicted octanol–water partition coefficient (Wildman–Crippen LogP) is 2.18. The first-order chi connectivity index (χ1) is 9.61. The number of carbonyl (C=O) groups is 1. The van der Waals surface area contributed by atoms with Gasteiger partial charge in [-0.2, -0.15) is 4.31 Å². The molecule has 0 aliphatic rings. The first kappa shape index (κ1) is 17.7. The largest absolute Gasteiger partial charge is 0.468 e. The average Bonchev–Trinajstić information content (AvgIpc) is 2.33. The minimum absolute atomic E-state index is 0.269. The number of rotatable bonds is 5. The van der Waals surface area contributed by atoms with E-state index in [-0.39, 0.29) is 17.5 Å². The highest BCUT2D eigenvalue weighted by Gasteiger charge is 2.31. The van der Waals surface area contributed by atoms with Crippen molar-refractivity contribution in [2.75, 3.05) is 13.7 Å². The number of hydrogen-bond acceptors (Lipinski definition) is 4. The zero-order chi connectivity index (χ0) is 16.4. The number of benzene rings is 1. The fourth-order valence-electron chi connectivity index (χ4n) is 2.43. The SMILES string of the molecule is COC(=O)CN(C(C)C)S(=O)(=O)c1c(C)cc(C)cc1C. The third-order valence-corrected chi connectivity index (χ3v) is 5.59. The molecule has 21 heavy (non-hydrogen) atoms. The maximum atomic E-state index is 12.9. The first-order valence-corrected chi connectivity index (χ1v) is 8.21. The van der Waals surface area contributed by atoms with Gasteiger partial charge in [0.25, 0.3) is 0 Å². The van der Waals surface area contributed by atoms with E-state index in [0.29, 0.717) is 11.1 Å². The molecule has 1 aromatic rings. The highest BCUT2D eigenvalue weighted by molar-refractivity contribution is 7.89. The second-order valence-corrected chi connectivity index (χ2v) is 7.28. The van der Waals surface area contributed by atoms with Gasteiger partial charge in [0, 0.05) is 6.04 Å². The van der Waals surface area contributed by atoms with Gasteiger partial charge in [0.15, 0.2) is 0 Å². The summed E-state index contributed by atoms with van der Waals surface area (Å²) in [4.78, 5) is 11.8. The Balaban J connectivity index is 3.40. The molecule has 0 unspecified atom stereocenters. The van der Waals surface area contributed by atoms with Crippen LogP contribution in [0.3, 0.4) is 0 Å². The molecule has 0 aliphatic heterocycles. The van der Waals surface area contributed by atoms with E-state index >= 15 is 0 Å². The number of esters is 1. The molecule has 0 radical (unpaired) electrons. The number of aryl methyl sites for hydroxylation is 3. The van der Waals surface area contributed by atoms with Crippen molar-refractivity contribution in [1.82, 2.24) is 4.31 Å². The van der Waals surface area contributed by atoms with Gasteiger partial charge in [-0.15, -0.1) is 0 Å². The molecule has 1 rings (SSSR count). The third kappa shape index (κ3) is 3.83. The van der Waals surface area contributed by atoms with Crippen molar-refractivity contribution < 1.29 is 17.9 Å². The van der Waals surface area contributed by atoms with Crippen LogP contribution in [0.1, 0.15) is 30.5 Å². The Morgan fingerprint density at radius 2 is 1.67 bits per heavy atom. The van der Waals surface area contributed by atoms with Crippen molar-refractivity contribution in [2.45, 2.75) is 45.6 Å². The van der Waals surface area contributed by atoms with E-state index in [1.807, 2.05) is 19.1 Å². The molecule has 0 atom stereocenters. The number of carbonyl (C=O) groups excluding carboxylic acids is 1. The number of ether oxygens (including phenoxy) is 1. The Bertz CT molecular complexity index is 612. The van der Waals surface area contributed by atoms with Crippen molar-refractivity contribution in [3.63, 3.8) is 0 Å². The van der Waals surface area contributed by atoms with Gasteiger partial charge in [0.1, 0.15) is 6.54 Å². The van der Waals surface area contributed by atoms with E-state index in [9.17, 15) is 13.2 Å². The lowest BCUT2D eigenvalue weighted by Gasteiger charge is -2.26. The van der Waals surface area contributed by atoms with Crippen LogP contribution in [0, 0.1) is 20.8 Å². The van der Waals surface area contributed by atoms with Crippen molar-refractivity contribution in [3.8, 4) is 0 Å². The number of hydrogen-bond donors (Lipinski definition) is 0. The van der Waals surface area contributed by atoms with Gasteiger partial charge in [0.05, 0.1) is 12.0 Å². The summed E-state index contributed by atoms with van der Waals surface area (Å²) >= 11 is 0. The Kier molecular flexibility index (Phi) is 5.53. The summed E-state index contributed by atoms with van der Waals surface area (Å²) in [7, 11) is -2.51. The van der Waals surface area contributed by atoms with Gasteiger partial charge in [-0.1, -0.05) is 17.7 Å². The van der Waals surface area contributed by atoms with E-state index in [0.717, 1.165) is 5.56 Å². The molecule has 118 valence electrons. The molecule has 5 nitrogen and oxygen atoms in total. The zero-order valence-electron chi connectivity index (χ0n) is 13.4. The van der Waals surface area contributed by atoms with Crippen LogP contribution in [0.2, 0.25) is 0 Å². The standard InChI is InChI=1S/C15H23NO4S/c1-10(2)16(9-14(17)20-6)21(18,19)15-12(4)7-11(3)8-13(15)5/h7-8,10H,9H2,1-6H3. The molecule has 0 N–H and O–H groups in total. The van der Waals surface area contributed by atoms with Crippen LogP contribution in [0.15, 0.2) is 17.0 Å². The van der Waals surface area contributed by atoms with Crippen LogP contribution in [0.4, 0.5) is 0 Å². The summed E-state index contributed by atoms with van der Waals surface area (Å²) in [5.74, 6) is -0.574. The Morgan fingerprint density at radius 3 is 2.05 bits per heavy atom. The maximum Gasteiger partial charge on any atom is 0.321 e. The van der Waals surface area contributed by atoms with Gasteiger partial charge in [-0.3, -0.25) is 4.79 Å². The quantitative estimate of drug-likeness (QED) is 0.782. The average molecular weight is 313 g/mol. The van der Waals surface area contributed by atoms with Crippen molar-refractivity contribution in [1.29, 1.82) is 0 Å². The lowest BCUT2D eigenvalue weighted by Crippen LogP contribution is -2.41. The zero-order valence-corrected chi connectivity index (χ0v) is 14.2. The molecule has 1 aromatic carbocycles. The van der Waals surface area contributed by atoms with E-state index in [4.69, 9.17) is 0 Å². The minimum Gasteiger partial charge on any atom is -0.468 e. The van der Waals surface area contributed by atoms with Crippen LogP contribution in [0.5, 0.6) is 0 Å². The van der Waals surface area contributed by atoms with Crippen LogP contribution in [0.25, 0.3) is 0 Å². The minimum atomic E-state index is -3.75. The maximum absolute atomic E-state index is 12.9. The summed E-state index contributed by atoms with van der Waals surface area (Å²) in [6, 6.07) is 3.32. The molecule has 0 fully saturated rings. The Morgan fingerprint density at radius 1 is 1.19 bits per heavy atom. The Labute approximate surface area is 127 Å². The summed E-state index contributed by atoms with van der Waals surface area (Å²) < 4.78 is 31.6. The van der Waals surface area contributed by atoms with Gasteiger partial charge in [-0.05, 0) is 45.7 Å².